The van der Waals surface area contributed by atoms with Crippen molar-refractivity contribution < 1.29 is 14.3 Å². The number of amides is 1. The number of rotatable bonds is 1. The zero-order chi connectivity index (χ0) is 11.5. The summed E-state index contributed by atoms with van der Waals surface area (Å²) in [5, 5.41) is -0.105. The predicted octanol–water partition coefficient (Wildman–Crippen LogP) is 1.54. The van der Waals surface area contributed by atoms with Crippen LogP contribution in [-0.4, -0.2) is 47.0 Å². The zero-order valence-electron chi connectivity index (χ0n) is 9.36. The first-order valence-electron chi connectivity index (χ1n) is 4.97. The highest BCUT2D eigenvalue weighted by Crippen LogP contribution is 2.19. The SMILES string of the molecule is CC(C)(C)OC(=O)N1CCSC(C=O)C1. The van der Waals surface area contributed by atoms with Gasteiger partial charge in [-0.25, -0.2) is 4.79 Å². The van der Waals surface area contributed by atoms with Crippen LogP contribution in [0, 0.1) is 0 Å². The van der Waals surface area contributed by atoms with Gasteiger partial charge in [-0.15, -0.1) is 11.8 Å². The van der Waals surface area contributed by atoms with Gasteiger partial charge in [0.1, 0.15) is 11.9 Å². The van der Waals surface area contributed by atoms with Gasteiger partial charge in [-0.1, -0.05) is 0 Å². The van der Waals surface area contributed by atoms with Crippen molar-refractivity contribution >= 4 is 24.1 Å². The van der Waals surface area contributed by atoms with E-state index >= 15 is 0 Å². The molecule has 1 saturated heterocycles. The Morgan fingerprint density at radius 3 is 2.73 bits per heavy atom. The number of hydrogen-bond donors (Lipinski definition) is 0. The molecule has 0 bridgehead atoms. The van der Waals surface area contributed by atoms with Crippen molar-refractivity contribution in [1.29, 1.82) is 0 Å². The molecule has 1 aliphatic heterocycles. The molecule has 1 amide bonds. The molecule has 0 N–H and O–H groups in total. The number of thioether (sulfide) groups is 1. The Hall–Kier alpha value is -0.710. The van der Waals surface area contributed by atoms with Crippen LogP contribution in [0.15, 0.2) is 0 Å². The van der Waals surface area contributed by atoms with E-state index in [2.05, 4.69) is 0 Å². The zero-order valence-corrected chi connectivity index (χ0v) is 10.2. The topological polar surface area (TPSA) is 46.6 Å². The Bertz CT molecular complexity index is 250. The number of hydrogen-bond acceptors (Lipinski definition) is 4. The van der Waals surface area contributed by atoms with Gasteiger partial charge in [-0.2, -0.15) is 0 Å². The maximum absolute atomic E-state index is 11.7. The average Bonchev–Trinajstić information content (AvgIpc) is 2.15. The van der Waals surface area contributed by atoms with Crippen LogP contribution in [0.4, 0.5) is 4.79 Å². The van der Waals surface area contributed by atoms with E-state index in [0.29, 0.717) is 13.1 Å². The number of carbonyl (C=O) groups is 2. The lowest BCUT2D eigenvalue weighted by Gasteiger charge is -2.31. The van der Waals surface area contributed by atoms with Gasteiger partial charge in [0.2, 0.25) is 0 Å². The van der Waals surface area contributed by atoms with Gasteiger partial charge in [-0.3, -0.25) is 0 Å². The van der Waals surface area contributed by atoms with E-state index in [1.807, 2.05) is 20.8 Å². The first-order chi connectivity index (χ1) is 6.92. The van der Waals surface area contributed by atoms with Gasteiger partial charge >= 0.3 is 6.09 Å². The summed E-state index contributed by atoms with van der Waals surface area (Å²) in [5.41, 5.74) is -0.474. The molecule has 1 rings (SSSR count). The van der Waals surface area contributed by atoms with Gasteiger partial charge in [-0.05, 0) is 20.8 Å². The van der Waals surface area contributed by atoms with Crippen LogP contribution in [-0.2, 0) is 9.53 Å². The Morgan fingerprint density at radius 1 is 1.53 bits per heavy atom. The standard InChI is InChI=1S/C10H17NO3S/c1-10(2,3)14-9(13)11-4-5-15-8(6-11)7-12/h7-8H,4-6H2,1-3H3. The van der Waals surface area contributed by atoms with Crippen LogP contribution in [0.5, 0.6) is 0 Å². The Kier molecular flexibility index (Phi) is 4.02. The van der Waals surface area contributed by atoms with E-state index in [-0.39, 0.29) is 11.3 Å². The molecule has 4 nitrogen and oxygen atoms in total. The van der Waals surface area contributed by atoms with Gasteiger partial charge in [0.15, 0.2) is 0 Å². The molecule has 0 aromatic heterocycles. The molecule has 1 aliphatic rings. The quantitative estimate of drug-likeness (QED) is 0.642. The van der Waals surface area contributed by atoms with E-state index < -0.39 is 5.60 Å². The molecule has 1 unspecified atom stereocenters. The largest absolute Gasteiger partial charge is 0.444 e. The normalized spacial score (nSPS) is 22.3. The summed E-state index contributed by atoms with van der Waals surface area (Å²) in [5.74, 6) is 0.794. The van der Waals surface area contributed by atoms with Crippen LogP contribution in [0.3, 0.4) is 0 Å². The van der Waals surface area contributed by atoms with Gasteiger partial charge in [0.05, 0.1) is 5.25 Å². The van der Waals surface area contributed by atoms with Crippen LogP contribution in [0.2, 0.25) is 0 Å². The molecule has 15 heavy (non-hydrogen) atoms. The summed E-state index contributed by atoms with van der Waals surface area (Å²) in [6, 6.07) is 0. The van der Waals surface area contributed by atoms with Crippen molar-refractivity contribution in [3.8, 4) is 0 Å². The fourth-order valence-corrected chi connectivity index (χ4v) is 2.24. The van der Waals surface area contributed by atoms with Gasteiger partial charge < -0.3 is 14.4 Å². The summed E-state index contributed by atoms with van der Waals surface area (Å²) >= 11 is 1.58. The average molecular weight is 231 g/mol. The molecular formula is C10H17NO3S. The van der Waals surface area contributed by atoms with Gasteiger partial charge in [0, 0.05) is 18.8 Å². The summed E-state index contributed by atoms with van der Waals surface area (Å²) in [4.78, 5) is 23.9. The molecular weight excluding hydrogens is 214 g/mol. The second-order valence-corrected chi connectivity index (χ2v) is 5.82. The molecule has 1 atom stereocenters. The highest BCUT2D eigenvalue weighted by atomic mass is 32.2. The molecule has 0 saturated carbocycles. The lowest BCUT2D eigenvalue weighted by Crippen LogP contribution is -2.44. The molecule has 5 heteroatoms. The third-order valence-electron chi connectivity index (χ3n) is 1.90. The van der Waals surface area contributed by atoms with Crippen molar-refractivity contribution in [2.24, 2.45) is 0 Å². The summed E-state index contributed by atoms with van der Waals surface area (Å²) in [6.07, 6.45) is 0.566. The van der Waals surface area contributed by atoms with E-state index in [1.54, 1.807) is 16.7 Å². The van der Waals surface area contributed by atoms with E-state index in [4.69, 9.17) is 4.74 Å². The van der Waals surface area contributed by atoms with Gasteiger partial charge in [0.25, 0.3) is 0 Å². The van der Waals surface area contributed by atoms with Crippen LogP contribution < -0.4 is 0 Å². The molecule has 1 fully saturated rings. The molecule has 0 aliphatic carbocycles. The minimum Gasteiger partial charge on any atom is -0.444 e. The number of nitrogens with zero attached hydrogens (tertiary/aromatic N) is 1. The third-order valence-corrected chi connectivity index (χ3v) is 3.00. The number of carbonyl (C=O) groups excluding carboxylic acids is 2. The van der Waals surface area contributed by atoms with E-state index in [0.717, 1.165) is 12.0 Å². The molecule has 0 radical (unpaired) electrons. The third kappa shape index (κ3) is 4.11. The first-order valence-corrected chi connectivity index (χ1v) is 6.02. The van der Waals surface area contributed by atoms with E-state index in [1.165, 1.54) is 0 Å². The maximum atomic E-state index is 11.7. The smallest absolute Gasteiger partial charge is 0.410 e. The minimum absolute atomic E-state index is 0.105. The Morgan fingerprint density at radius 2 is 2.20 bits per heavy atom. The molecule has 0 aromatic rings. The first kappa shape index (κ1) is 12.4. The van der Waals surface area contributed by atoms with Crippen LogP contribution >= 0.6 is 11.8 Å². The van der Waals surface area contributed by atoms with Crippen molar-refractivity contribution in [2.75, 3.05) is 18.8 Å². The van der Waals surface area contributed by atoms with Crippen LogP contribution in [0.25, 0.3) is 0 Å². The number of ether oxygens (including phenoxy) is 1. The lowest BCUT2D eigenvalue weighted by atomic mass is 10.2. The molecule has 1 heterocycles. The lowest BCUT2D eigenvalue weighted by molar-refractivity contribution is -0.107. The highest BCUT2D eigenvalue weighted by molar-refractivity contribution is 8.00. The van der Waals surface area contributed by atoms with Crippen molar-refractivity contribution in [3.63, 3.8) is 0 Å². The maximum Gasteiger partial charge on any atom is 0.410 e. The second kappa shape index (κ2) is 4.88. The van der Waals surface area contributed by atoms with Crippen molar-refractivity contribution in [2.45, 2.75) is 31.6 Å². The minimum atomic E-state index is -0.474. The summed E-state index contributed by atoms with van der Waals surface area (Å²) < 4.78 is 5.23. The highest BCUT2D eigenvalue weighted by Gasteiger charge is 2.27. The number of aldehydes is 1. The molecule has 86 valence electrons. The van der Waals surface area contributed by atoms with Crippen LogP contribution in [0.1, 0.15) is 20.8 Å². The molecule has 0 spiro atoms. The second-order valence-electron chi connectivity index (χ2n) is 4.47. The fraction of sp³-hybridized carbons (Fsp3) is 0.800. The molecule has 0 aromatic carbocycles. The Balaban J connectivity index is 2.49. The summed E-state index contributed by atoms with van der Waals surface area (Å²) in [7, 11) is 0. The van der Waals surface area contributed by atoms with Crippen molar-refractivity contribution in [3.05, 3.63) is 0 Å². The Labute approximate surface area is 94.3 Å². The summed E-state index contributed by atoms with van der Waals surface area (Å²) in [6.45, 7) is 6.62. The van der Waals surface area contributed by atoms with Crippen molar-refractivity contribution in [1.82, 2.24) is 4.90 Å². The predicted molar refractivity (Wildman–Crippen MR) is 60.1 cm³/mol. The van der Waals surface area contributed by atoms with E-state index in [9.17, 15) is 9.59 Å². The monoisotopic (exact) mass is 231 g/mol. The fourth-order valence-electron chi connectivity index (χ4n) is 1.25.